The summed E-state index contributed by atoms with van der Waals surface area (Å²) in [7, 11) is 4.82. The second-order valence-electron chi connectivity index (χ2n) is 7.32. The van der Waals surface area contributed by atoms with E-state index in [1.54, 1.807) is 39.5 Å². The third-order valence-electron chi connectivity index (χ3n) is 5.63. The van der Waals surface area contributed by atoms with Crippen LogP contribution >= 0.6 is 0 Å². The van der Waals surface area contributed by atoms with Crippen LogP contribution < -0.4 is 24.4 Å². The lowest BCUT2D eigenvalue weighted by Gasteiger charge is -2.32. The summed E-state index contributed by atoms with van der Waals surface area (Å²) < 4.78 is 15.9. The lowest BCUT2D eigenvalue weighted by atomic mass is 10.0. The minimum atomic E-state index is -0.139. The smallest absolute Gasteiger partial charge is 0.255 e. The van der Waals surface area contributed by atoms with Crippen LogP contribution in [0.15, 0.2) is 42.5 Å². The average Bonchev–Trinajstić information content (AvgIpc) is 2.79. The van der Waals surface area contributed by atoms with E-state index in [2.05, 4.69) is 17.4 Å². The predicted molar refractivity (Wildman–Crippen MR) is 112 cm³/mol. The first kappa shape index (κ1) is 21.0. The van der Waals surface area contributed by atoms with Crippen molar-refractivity contribution in [2.75, 3.05) is 41.0 Å². The molecule has 0 radical (unpaired) electrons. The second kappa shape index (κ2) is 10.2. The molecule has 156 valence electrons. The van der Waals surface area contributed by atoms with Crippen molar-refractivity contribution in [3.05, 3.63) is 53.6 Å². The maximum Gasteiger partial charge on any atom is 0.255 e. The molecule has 29 heavy (non-hydrogen) atoms. The van der Waals surface area contributed by atoms with Crippen LogP contribution in [0.25, 0.3) is 0 Å². The minimum Gasteiger partial charge on any atom is -0.497 e. The van der Waals surface area contributed by atoms with Crippen molar-refractivity contribution in [2.24, 2.45) is 0 Å². The molecule has 0 spiro atoms. The molecule has 3 rings (SSSR count). The number of carbonyl (C=O) groups excluding carboxylic acids is 1. The van der Waals surface area contributed by atoms with E-state index in [4.69, 9.17) is 14.2 Å². The molecule has 0 aliphatic carbocycles. The van der Waals surface area contributed by atoms with Crippen LogP contribution in [0.5, 0.6) is 17.2 Å². The fourth-order valence-electron chi connectivity index (χ4n) is 3.96. The van der Waals surface area contributed by atoms with E-state index in [1.165, 1.54) is 29.7 Å². The van der Waals surface area contributed by atoms with Crippen molar-refractivity contribution < 1.29 is 23.9 Å². The molecule has 2 N–H and O–H groups in total. The second-order valence-corrected chi connectivity index (χ2v) is 7.32. The van der Waals surface area contributed by atoms with Crippen molar-refractivity contribution >= 4 is 5.91 Å². The maximum atomic E-state index is 12.9. The molecule has 1 atom stereocenters. The molecule has 1 amide bonds. The maximum absolute atomic E-state index is 12.9. The first-order chi connectivity index (χ1) is 14.2. The van der Waals surface area contributed by atoms with E-state index in [-0.39, 0.29) is 11.9 Å². The number of benzene rings is 2. The van der Waals surface area contributed by atoms with Crippen molar-refractivity contribution in [3.63, 3.8) is 0 Å². The molecule has 1 fully saturated rings. The molecule has 2 aromatic carbocycles. The Morgan fingerprint density at radius 1 is 0.931 bits per heavy atom. The van der Waals surface area contributed by atoms with Gasteiger partial charge in [0.05, 0.1) is 46.5 Å². The van der Waals surface area contributed by atoms with E-state index in [1.807, 2.05) is 12.1 Å². The fraction of sp³-hybridized carbons (Fsp3) is 0.435. The topological polar surface area (TPSA) is 61.2 Å². The van der Waals surface area contributed by atoms with Gasteiger partial charge in [-0.05, 0) is 55.7 Å². The molecular formula is C23H31N2O4+. The van der Waals surface area contributed by atoms with Crippen LogP contribution in [0.3, 0.4) is 0 Å². The Hall–Kier alpha value is -2.73. The Kier molecular flexibility index (Phi) is 7.36. The van der Waals surface area contributed by atoms with Gasteiger partial charge in [-0.2, -0.15) is 0 Å². The molecule has 1 saturated heterocycles. The van der Waals surface area contributed by atoms with Crippen LogP contribution in [0, 0.1) is 0 Å². The summed E-state index contributed by atoms with van der Waals surface area (Å²) in [5.41, 5.74) is 1.72. The molecule has 1 aliphatic rings. The van der Waals surface area contributed by atoms with Gasteiger partial charge in [0, 0.05) is 11.6 Å². The van der Waals surface area contributed by atoms with E-state index in [9.17, 15) is 4.79 Å². The molecule has 0 aromatic heterocycles. The lowest BCUT2D eigenvalue weighted by molar-refractivity contribution is -0.935. The fourth-order valence-corrected chi connectivity index (χ4v) is 3.96. The summed E-state index contributed by atoms with van der Waals surface area (Å²) in [5.74, 6) is 1.87. The van der Waals surface area contributed by atoms with Gasteiger partial charge in [0.25, 0.3) is 5.91 Å². The molecule has 6 nitrogen and oxygen atoms in total. The first-order valence-electron chi connectivity index (χ1n) is 10.1. The summed E-state index contributed by atoms with van der Waals surface area (Å²) in [6, 6.07) is 13.6. The van der Waals surface area contributed by atoms with Crippen LogP contribution in [-0.2, 0) is 0 Å². The highest BCUT2D eigenvalue weighted by Gasteiger charge is 2.27. The van der Waals surface area contributed by atoms with E-state index in [0.29, 0.717) is 23.6 Å². The number of hydrogen-bond donors (Lipinski definition) is 2. The van der Waals surface area contributed by atoms with Gasteiger partial charge in [-0.15, -0.1) is 0 Å². The van der Waals surface area contributed by atoms with E-state index >= 15 is 0 Å². The van der Waals surface area contributed by atoms with E-state index < -0.39 is 0 Å². The van der Waals surface area contributed by atoms with Gasteiger partial charge >= 0.3 is 0 Å². The molecule has 1 heterocycles. The summed E-state index contributed by atoms with van der Waals surface area (Å²) >= 11 is 0. The van der Waals surface area contributed by atoms with Crippen molar-refractivity contribution in [2.45, 2.75) is 25.3 Å². The van der Waals surface area contributed by atoms with Gasteiger partial charge < -0.3 is 24.4 Å². The number of hydrogen-bond acceptors (Lipinski definition) is 4. The number of methoxy groups -OCH3 is 3. The number of ether oxygens (including phenoxy) is 3. The van der Waals surface area contributed by atoms with E-state index in [0.717, 1.165) is 18.8 Å². The minimum absolute atomic E-state index is 0.139. The largest absolute Gasteiger partial charge is 0.497 e. The molecule has 2 aromatic rings. The van der Waals surface area contributed by atoms with Gasteiger partial charge in [0.2, 0.25) is 0 Å². The SMILES string of the molecule is COc1ccc([C@@H](CNC(=O)c2ccc(OC)cc2OC)[NH+]2CCCCC2)cc1. The Labute approximate surface area is 172 Å². The number of nitrogens with one attached hydrogen (secondary N) is 2. The third-order valence-corrected chi connectivity index (χ3v) is 5.63. The standard InChI is InChI=1S/C23H30N2O4/c1-27-18-9-7-17(8-10-18)21(25-13-5-4-6-14-25)16-24-23(26)20-12-11-19(28-2)15-22(20)29-3/h7-12,15,21H,4-6,13-14,16H2,1-3H3,(H,24,26)/p+1/t21-/m1/s1. The molecule has 1 aliphatic heterocycles. The van der Waals surface area contributed by atoms with Gasteiger partial charge in [0.15, 0.2) is 0 Å². The summed E-state index contributed by atoms with van der Waals surface area (Å²) in [6.45, 7) is 2.81. The average molecular weight is 400 g/mol. The monoisotopic (exact) mass is 399 g/mol. The van der Waals surface area contributed by atoms with Crippen LogP contribution in [0.2, 0.25) is 0 Å². The normalized spacial score (nSPS) is 15.4. The Bertz CT molecular complexity index is 801. The highest BCUT2D eigenvalue weighted by molar-refractivity contribution is 5.97. The molecule has 0 unspecified atom stereocenters. The van der Waals surface area contributed by atoms with Crippen LogP contribution in [0.4, 0.5) is 0 Å². The Balaban J connectivity index is 1.76. The third kappa shape index (κ3) is 5.21. The van der Waals surface area contributed by atoms with Crippen molar-refractivity contribution in [1.82, 2.24) is 5.32 Å². The van der Waals surface area contributed by atoms with Crippen LogP contribution in [0.1, 0.15) is 41.2 Å². The summed E-state index contributed by atoms with van der Waals surface area (Å²) in [4.78, 5) is 14.4. The first-order valence-corrected chi connectivity index (χ1v) is 10.1. The van der Waals surface area contributed by atoms with Crippen LogP contribution in [-0.4, -0.2) is 46.9 Å². The number of carbonyl (C=O) groups is 1. The van der Waals surface area contributed by atoms with Crippen molar-refractivity contribution in [1.29, 1.82) is 0 Å². The Morgan fingerprint density at radius 2 is 1.59 bits per heavy atom. The number of piperidine rings is 1. The number of quaternary nitrogens is 1. The van der Waals surface area contributed by atoms with Gasteiger partial charge in [0.1, 0.15) is 23.3 Å². The summed E-state index contributed by atoms with van der Waals surface area (Å²) in [6.07, 6.45) is 3.73. The van der Waals surface area contributed by atoms with Crippen molar-refractivity contribution in [3.8, 4) is 17.2 Å². The van der Waals surface area contributed by atoms with Gasteiger partial charge in [-0.3, -0.25) is 4.79 Å². The van der Waals surface area contributed by atoms with Gasteiger partial charge in [-0.25, -0.2) is 0 Å². The number of likely N-dealkylation sites (tertiary alicyclic amines) is 1. The lowest BCUT2D eigenvalue weighted by Crippen LogP contribution is -3.13. The number of amides is 1. The Morgan fingerprint density at radius 3 is 2.21 bits per heavy atom. The zero-order chi connectivity index (χ0) is 20.6. The van der Waals surface area contributed by atoms with Gasteiger partial charge in [-0.1, -0.05) is 0 Å². The molecule has 6 heteroatoms. The number of rotatable bonds is 8. The zero-order valence-electron chi connectivity index (χ0n) is 17.5. The highest BCUT2D eigenvalue weighted by atomic mass is 16.5. The molecular weight excluding hydrogens is 368 g/mol. The quantitative estimate of drug-likeness (QED) is 0.715. The highest BCUT2D eigenvalue weighted by Crippen LogP contribution is 2.24. The molecule has 0 saturated carbocycles. The molecule has 0 bridgehead atoms. The predicted octanol–water partition coefficient (Wildman–Crippen LogP) is 2.25. The zero-order valence-corrected chi connectivity index (χ0v) is 17.5. The summed E-state index contributed by atoms with van der Waals surface area (Å²) in [5, 5.41) is 3.12.